The first-order chi connectivity index (χ1) is 14.2. The minimum atomic E-state index is -3.78. The highest BCUT2D eigenvalue weighted by Crippen LogP contribution is 2.64. The van der Waals surface area contributed by atoms with Gasteiger partial charge in [0.2, 0.25) is 0 Å². The molecule has 1 saturated carbocycles. The summed E-state index contributed by atoms with van der Waals surface area (Å²) in [5, 5.41) is 0.0891. The Morgan fingerprint density at radius 3 is 2.45 bits per heavy atom. The van der Waals surface area contributed by atoms with Crippen molar-refractivity contribution in [3.63, 3.8) is 0 Å². The zero-order chi connectivity index (χ0) is 23.3. The molecule has 1 aromatic rings. The Kier molecular flexibility index (Phi) is 6.24. The van der Waals surface area contributed by atoms with E-state index in [-0.39, 0.29) is 21.5 Å². The van der Waals surface area contributed by atoms with Gasteiger partial charge in [-0.05, 0) is 50.0 Å². The Morgan fingerprint density at radius 1 is 1.29 bits per heavy atom. The SMILES string of the molecule is C=CCC12C(=NS(=O)(=O)c3ccc(C)cc3)CC1(C)CO[C@@H]2CO[Si](C)(C)C(C)(C)C. The highest BCUT2D eigenvalue weighted by Gasteiger charge is 2.69. The standard InChI is InChI=1S/C24H37NO4SSi/c1-9-14-24-20(25-30(26,27)19-12-10-18(2)11-13-19)15-23(24,6)17-28-21(24)16-29-31(7,8)22(3,4)5/h9-13,21H,1,14-17H2,2-8H3/t21-,23?,24?/m1/s1. The Balaban J connectivity index is 1.95. The third-order valence-electron chi connectivity index (χ3n) is 7.72. The van der Waals surface area contributed by atoms with Crippen LogP contribution in [-0.4, -0.2) is 41.8 Å². The first-order valence-electron chi connectivity index (χ1n) is 11.0. The summed E-state index contributed by atoms with van der Waals surface area (Å²) in [5.74, 6) is 0. The summed E-state index contributed by atoms with van der Waals surface area (Å²) in [6.45, 7) is 20.2. The number of sulfonamides is 1. The van der Waals surface area contributed by atoms with Gasteiger partial charge in [-0.2, -0.15) is 12.8 Å². The normalized spacial score (nSPS) is 30.2. The number of aryl methyl sites for hydroxylation is 1. The maximum absolute atomic E-state index is 13.1. The maximum atomic E-state index is 13.1. The summed E-state index contributed by atoms with van der Waals surface area (Å²) >= 11 is 0. The van der Waals surface area contributed by atoms with Crippen LogP contribution >= 0.6 is 0 Å². The zero-order valence-electron chi connectivity index (χ0n) is 20.0. The molecular formula is C24H37NO4SSi. The highest BCUT2D eigenvalue weighted by atomic mass is 32.2. The third kappa shape index (κ3) is 4.10. The number of hydrogen-bond donors (Lipinski definition) is 0. The lowest BCUT2D eigenvalue weighted by Gasteiger charge is -2.55. The summed E-state index contributed by atoms with van der Waals surface area (Å²) in [6, 6.07) is 6.84. The number of hydrogen-bond acceptors (Lipinski definition) is 4. The average molecular weight is 464 g/mol. The Hall–Kier alpha value is -1.28. The number of benzene rings is 1. The molecule has 0 bridgehead atoms. The fourth-order valence-corrected chi connectivity index (χ4v) is 6.65. The van der Waals surface area contributed by atoms with Gasteiger partial charge in [-0.3, -0.25) is 0 Å². The van der Waals surface area contributed by atoms with Crippen LogP contribution in [0, 0.1) is 17.8 Å². The molecule has 31 heavy (non-hydrogen) atoms. The lowest BCUT2D eigenvalue weighted by atomic mass is 9.47. The molecule has 1 saturated heterocycles. The van der Waals surface area contributed by atoms with Crippen LogP contribution in [-0.2, 0) is 19.2 Å². The second-order valence-corrected chi connectivity index (χ2v) is 17.3. The average Bonchev–Trinajstić information content (AvgIpc) is 2.86. The summed E-state index contributed by atoms with van der Waals surface area (Å²) in [5.41, 5.74) is 1.05. The van der Waals surface area contributed by atoms with Crippen molar-refractivity contribution in [2.75, 3.05) is 13.2 Å². The molecule has 0 N–H and O–H groups in total. The Labute approximate surface area is 189 Å². The van der Waals surface area contributed by atoms with E-state index in [1.165, 1.54) is 0 Å². The van der Waals surface area contributed by atoms with Crippen molar-refractivity contribution in [3.05, 3.63) is 42.5 Å². The molecule has 3 rings (SSSR count). The van der Waals surface area contributed by atoms with E-state index in [1.54, 1.807) is 24.3 Å². The molecule has 2 aliphatic rings. The second-order valence-electron chi connectivity index (χ2n) is 10.9. The van der Waals surface area contributed by atoms with Gasteiger partial charge < -0.3 is 9.16 Å². The minimum Gasteiger partial charge on any atom is -0.414 e. The molecule has 2 fully saturated rings. The lowest BCUT2D eigenvalue weighted by molar-refractivity contribution is 0.0233. The van der Waals surface area contributed by atoms with Gasteiger partial charge in [-0.25, -0.2) is 0 Å². The predicted molar refractivity (Wildman–Crippen MR) is 129 cm³/mol. The smallest absolute Gasteiger partial charge is 0.282 e. The predicted octanol–water partition coefficient (Wildman–Crippen LogP) is 5.52. The fourth-order valence-electron chi connectivity index (χ4n) is 4.54. The number of rotatable bonds is 7. The van der Waals surface area contributed by atoms with E-state index in [0.717, 1.165) is 5.56 Å². The van der Waals surface area contributed by atoms with Crippen molar-refractivity contribution in [2.24, 2.45) is 15.2 Å². The molecule has 0 radical (unpaired) electrons. The van der Waals surface area contributed by atoms with Crippen molar-refractivity contribution in [2.45, 2.75) is 76.6 Å². The molecule has 0 spiro atoms. The van der Waals surface area contributed by atoms with Crippen molar-refractivity contribution in [1.29, 1.82) is 0 Å². The molecule has 1 aliphatic carbocycles. The van der Waals surface area contributed by atoms with E-state index in [1.807, 2.05) is 13.0 Å². The van der Waals surface area contributed by atoms with Crippen LogP contribution in [0.1, 0.15) is 46.1 Å². The van der Waals surface area contributed by atoms with Gasteiger partial charge >= 0.3 is 0 Å². The molecule has 1 aliphatic heterocycles. The zero-order valence-corrected chi connectivity index (χ0v) is 21.8. The Bertz CT molecular complexity index is 978. The van der Waals surface area contributed by atoms with E-state index < -0.39 is 23.8 Å². The van der Waals surface area contributed by atoms with Crippen molar-refractivity contribution < 1.29 is 17.6 Å². The summed E-state index contributed by atoms with van der Waals surface area (Å²) in [6.07, 6.45) is 2.87. The van der Waals surface area contributed by atoms with Crippen LogP contribution in [0.2, 0.25) is 18.1 Å². The molecule has 0 aromatic heterocycles. The first kappa shape index (κ1) is 24.4. The number of ether oxygens (including phenoxy) is 1. The van der Waals surface area contributed by atoms with E-state index in [4.69, 9.17) is 9.16 Å². The van der Waals surface area contributed by atoms with Gasteiger partial charge in [0, 0.05) is 16.5 Å². The van der Waals surface area contributed by atoms with Gasteiger partial charge in [0.05, 0.1) is 24.2 Å². The van der Waals surface area contributed by atoms with Gasteiger partial charge in [-0.15, -0.1) is 6.58 Å². The van der Waals surface area contributed by atoms with Crippen LogP contribution in [0.15, 0.2) is 46.2 Å². The molecule has 1 aromatic carbocycles. The molecule has 2 unspecified atom stereocenters. The van der Waals surface area contributed by atoms with Gasteiger partial charge in [0.25, 0.3) is 10.0 Å². The van der Waals surface area contributed by atoms with Crippen LogP contribution in [0.5, 0.6) is 0 Å². The first-order valence-corrected chi connectivity index (χ1v) is 15.3. The monoisotopic (exact) mass is 463 g/mol. The number of nitrogens with zero attached hydrogens (tertiary/aromatic N) is 1. The second kappa shape index (κ2) is 7.94. The van der Waals surface area contributed by atoms with Gasteiger partial charge in [0.15, 0.2) is 8.32 Å². The quantitative estimate of drug-likeness (QED) is 0.395. The number of allylic oxidation sites excluding steroid dienone is 1. The molecule has 1 heterocycles. The largest absolute Gasteiger partial charge is 0.414 e. The van der Waals surface area contributed by atoms with E-state index in [2.05, 4.69) is 51.8 Å². The number of fused-ring (bicyclic) bond motifs is 1. The molecule has 0 amide bonds. The summed E-state index contributed by atoms with van der Waals surface area (Å²) in [7, 11) is -5.75. The molecule has 172 valence electrons. The topological polar surface area (TPSA) is 65.0 Å². The van der Waals surface area contributed by atoms with E-state index in [0.29, 0.717) is 31.8 Å². The van der Waals surface area contributed by atoms with Crippen LogP contribution < -0.4 is 0 Å². The molecule has 5 nitrogen and oxygen atoms in total. The summed E-state index contributed by atoms with van der Waals surface area (Å²) in [4.78, 5) is 0.223. The molecule has 3 atom stereocenters. The highest BCUT2D eigenvalue weighted by molar-refractivity contribution is 7.90. The van der Waals surface area contributed by atoms with Crippen LogP contribution in [0.25, 0.3) is 0 Å². The van der Waals surface area contributed by atoms with Crippen LogP contribution in [0.3, 0.4) is 0 Å². The lowest BCUT2D eigenvalue weighted by Crippen LogP contribution is -2.61. The fraction of sp³-hybridized carbons (Fsp3) is 0.625. The molecular weight excluding hydrogens is 426 g/mol. The van der Waals surface area contributed by atoms with Crippen molar-refractivity contribution in [3.8, 4) is 0 Å². The molecule has 7 heteroatoms. The van der Waals surface area contributed by atoms with E-state index >= 15 is 0 Å². The van der Waals surface area contributed by atoms with Crippen molar-refractivity contribution >= 4 is 24.1 Å². The van der Waals surface area contributed by atoms with Gasteiger partial charge in [-0.1, -0.05) is 51.5 Å². The maximum Gasteiger partial charge on any atom is 0.282 e. The Morgan fingerprint density at radius 2 is 1.90 bits per heavy atom. The van der Waals surface area contributed by atoms with Gasteiger partial charge in [0.1, 0.15) is 0 Å². The van der Waals surface area contributed by atoms with Crippen molar-refractivity contribution in [1.82, 2.24) is 0 Å². The van der Waals surface area contributed by atoms with E-state index in [9.17, 15) is 8.42 Å². The summed E-state index contributed by atoms with van der Waals surface area (Å²) < 4.78 is 43.2. The van der Waals surface area contributed by atoms with Crippen LogP contribution in [0.4, 0.5) is 0 Å². The third-order valence-corrected chi connectivity index (χ3v) is 13.5. The minimum absolute atomic E-state index is 0.0891.